The van der Waals surface area contributed by atoms with Crippen LogP contribution in [0.5, 0.6) is 0 Å². The van der Waals surface area contributed by atoms with E-state index in [0.29, 0.717) is 24.2 Å². The summed E-state index contributed by atoms with van der Waals surface area (Å²) in [6.45, 7) is 8.34. The Hall–Kier alpha value is -1.53. The SMILES string of the molecule is CC(C)[C@@H](CNC(=O)c1cnccn1)N1CCOCC1. The van der Waals surface area contributed by atoms with Gasteiger partial charge in [-0.1, -0.05) is 13.8 Å². The monoisotopic (exact) mass is 278 g/mol. The molecule has 1 amide bonds. The van der Waals surface area contributed by atoms with Crippen LogP contribution in [0.25, 0.3) is 0 Å². The van der Waals surface area contributed by atoms with E-state index in [1.165, 1.54) is 12.4 Å². The van der Waals surface area contributed by atoms with E-state index in [1.807, 2.05) is 0 Å². The molecule has 0 aliphatic carbocycles. The Kier molecular flexibility index (Phi) is 5.43. The van der Waals surface area contributed by atoms with Gasteiger partial charge in [0.05, 0.1) is 19.4 Å². The lowest BCUT2D eigenvalue weighted by Crippen LogP contribution is -2.51. The molecule has 1 N–H and O–H groups in total. The predicted octanol–water partition coefficient (Wildman–Crippen LogP) is 0.563. The molecule has 1 saturated heterocycles. The second-order valence-electron chi connectivity index (χ2n) is 5.26. The quantitative estimate of drug-likeness (QED) is 0.852. The molecular weight excluding hydrogens is 256 g/mol. The highest BCUT2D eigenvalue weighted by Crippen LogP contribution is 2.12. The number of rotatable bonds is 5. The van der Waals surface area contributed by atoms with E-state index in [2.05, 4.69) is 34.0 Å². The fraction of sp³-hybridized carbons (Fsp3) is 0.643. The number of hydrogen-bond acceptors (Lipinski definition) is 5. The third-order valence-corrected chi connectivity index (χ3v) is 3.55. The fourth-order valence-corrected chi connectivity index (χ4v) is 2.40. The van der Waals surface area contributed by atoms with Crippen molar-refractivity contribution in [2.24, 2.45) is 5.92 Å². The zero-order chi connectivity index (χ0) is 14.4. The number of nitrogens with one attached hydrogen (secondary N) is 1. The number of carbonyl (C=O) groups is 1. The fourth-order valence-electron chi connectivity index (χ4n) is 2.40. The van der Waals surface area contributed by atoms with Crippen LogP contribution in [0.4, 0.5) is 0 Å². The van der Waals surface area contributed by atoms with Crippen molar-refractivity contribution >= 4 is 5.91 Å². The molecule has 0 aromatic carbocycles. The van der Waals surface area contributed by atoms with Gasteiger partial charge in [0.2, 0.25) is 0 Å². The molecule has 1 aromatic rings. The average molecular weight is 278 g/mol. The third kappa shape index (κ3) is 3.98. The van der Waals surface area contributed by atoms with E-state index < -0.39 is 0 Å². The minimum absolute atomic E-state index is 0.169. The zero-order valence-corrected chi connectivity index (χ0v) is 12.1. The topological polar surface area (TPSA) is 67.4 Å². The molecule has 6 heteroatoms. The van der Waals surface area contributed by atoms with Crippen LogP contribution in [0, 0.1) is 5.92 Å². The predicted molar refractivity (Wildman–Crippen MR) is 75.4 cm³/mol. The lowest BCUT2D eigenvalue weighted by atomic mass is 10.0. The molecule has 1 aliphatic heterocycles. The molecule has 110 valence electrons. The van der Waals surface area contributed by atoms with Crippen molar-refractivity contribution in [2.75, 3.05) is 32.8 Å². The van der Waals surface area contributed by atoms with Crippen molar-refractivity contribution in [3.05, 3.63) is 24.3 Å². The number of amides is 1. The van der Waals surface area contributed by atoms with Gasteiger partial charge in [0.1, 0.15) is 5.69 Å². The summed E-state index contributed by atoms with van der Waals surface area (Å²) in [6.07, 6.45) is 4.56. The van der Waals surface area contributed by atoms with E-state index in [4.69, 9.17) is 4.74 Å². The normalized spacial score (nSPS) is 17.9. The molecule has 6 nitrogen and oxygen atoms in total. The molecule has 0 spiro atoms. The van der Waals surface area contributed by atoms with E-state index in [9.17, 15) is 4.79 Å². The van der Waals surface area contributed by atoms with E-state index >= 15 is 0 Å². The molecule has 20 heavy (non-hydrogen) atoms. The van der Waals surface area contributed by atoms with Gasteiger partial charge >= 0.3 is 0 Å². The number of nitrogens with zero attached hydrogens (tertiary/aromatic N) is 3. The summed E-state index contributed by atoms with van der Waals surface area (Å²) < 4.78 is 5.38. The Morgan fingerprint density at radius 3 is 2.75 bits per heavy atom. The first-order chi connectivity index (χ1) is 9.68. The molecule has 1 atom stereocenters. The molecule has 1 aromatic heterocycles. The minimum atomic E-state index is -0.169. The van der Waals surface area contributed by atoms with Gasteiger partial charge in [-0.15, -0.1) is 0 Å². The standard InChI is InChI=1S/C14H22N4O2/c1-11(2)13(18-5-7-20-8-6-18)10-17-14(19)12-9-15-3-4-16-12/h3-4,9,11,13H,5-8,10H2,1-2H3,(H,17,19)/t13-/m1/s1. The maximum Gasteiger partial charge on any atom is 0.271 e. The summed E-state index contributed by atoms with van der Waals surface area (Å²) in [6, 6.07) is 0.319. The van der Waals surface area contributed by atoms with Crippen LogP contribution in [-0.4, -0.2) is 59.7 Å². The smallest absolute Gasteiger partial charge is 0.271 e. The van der Waals surface area contributed by atoms with Gasteiger partial charge in [-0.2, -0.15) is 0 Å². The van der Waals surface area contributed by atoms with Crippen LogP contribution < -0.4 is 5.32 Å². The maximum atomic E-state index is 12.0. The van der Waals surface area contributed by atoms with Crippen molar-refractivity contribution in [3.8, 4) is 0 Å². The van der Waals surface area contributed by atoms with E-state index in [-0.39, 0.29) is 5.91 Å². The third-order valence-electron chi connectivity index (χ3n) is 3.55. The number of hydrogen-bond donors (Lipinski definition) is 1. The van der Waals surface area contributed by atoms with Crippen molar-refractivity contribution in [2.45, 2.75) is 19.9 Å². The number of ether oxygens (including phenoxy) is 1. The van der Waals surface area contributed by atoms with Crippen molar-refractivity contribution < 1.29 is 9.53 Å². The number of carbonyl (C=O) groups excluding carboxylic acids is 1. The highest BCUT2D eigenvalue weighted by molar-refractivity contribution is 5.91. The Balaban J connectivity index is 1.90. The Morgan fingerprint density at radius 2 is 2.15 bits per heavy atom. The number of aromatic nitrogens is 2. The summed E-state index contributed by atoms with van der Waals surface area (Å²) in [4.78, 5) is 22.3. The number of morpholine rings is 1. The molecule has 0 radical (unpaired) electrons. The summed E-state index contributed by atoms with van der Waals surface area (Å²) >= 11 is 0. The lowest BCUT2D eigenvalue weighted by Gasteiger charge is -2.36. The van der Waals surface area contributed by atoms with Crippen molar-refractivity contribution in [1.82, 2.24) is 20.2 Å². The molecule has 0 unspecified atom stereocenters. The summed E-state index contributed by atoms with van der Waals surface area (Å²) in [5.41, 5.74) is 0.358. The largest absolute Gasteiger partial charge is 0.379 e. The van der Waals surface area contributed by atoms with E-state index in [0.717, 1.165) is 26.3 Å². The van der Waals surface area contributed by atoms with Crippen molar-refractivity contribution in [3.63, 3.8) is 0 Å². The highest BCUT2D eigenvalue weighted by atomic mass is 16.5. The van der Waals surface area contributed by atoms with Crippen LogP contribution in [0.3, 0.4) is 0 Å². The van der Waals surface area contributed by atoms with Crippen molar-refractivity contribution in [1.29, 1.82) is 0 Å². The van der Waals surface area contributed by atoms with Gasteiger partial charge in [0.25, 0.3) is 5.91 Å². The zero-order valence-electron chi connectivity index (χ0n) is 12.1. The Bertz CT molecular complexity index is 418. The first-order valence-corrected chi connectivity index (χ1v) is 7.04. The molecule has 2 rings (SSSR count). The second-order valence-corrected chi connectivity index (χ2v) is 5.26. The molecular formula is C14H22N4O2. The van der Waals surface area contributed by atoms with Gasteiger partial charge in [0.15, 0.2) is 0 Å². The maximum absolute atomic E-state index is 12.0. The van der Waals surface area contributed by atoms with Gasteiger partial charge in [0, 0.05) is 38.1 Å². The summed E-state index contributed by atoms with van der Waals surface area (Å²) in [5, 5.41) is 2.95. The van der Waals surface area contributed by atoms with Crippen LogP contribution in [0.1, 0.15) is 24.3 Å². The summed E-state index contributed by atoms with van der Waals surface area (Å²) in [5.74, 6) is 0.298. The second kappa shape index (κ2) is 7.31. The van der Waals surface area contributed by atoms with Crippen LogP contribution >= 0.6 is 0 Å². The molecule has 0 saturated carbocycles. The molecule has 2 heterocycles. The first-order valence-electron chi connectivity index (χ1n) is 7.04. The van der Waals surface area contributed by atoms with Crippen LogP contribution in [0.2, 0.25) is 0 Å². The summed E-state index contributed by atoms with van der Waals surface area (Å²) in [7, 11) is 0. The highest BCUT2D eigenvalue weighted by Gasteiger charge is 2.24. The average Bonchev–Trinajstić information content (AvgIpc) is 2.49. The van der Waals surface area contributed by atoms with Crippen LogP contribution in [-0.2, 0) is 4.74 Å². The van der Waals surface area contributed by atoms with Gasteiger partial charge in [-0.3, -0.25) is 14.7 Å². The van der Waals surface area contributed by atoms with Gasteiger partial charge < -0.3 is 10.1 Å². The minimum Gasteiger partial charge on any atom is -0.379 e. The Morgan fingerprint density at radius 1 is 1.40 bits per heavy atom. The molecule has 0 bridgehead atoms. The molecule has 1 aliphatic rings. The van der Waals surface area contributed by atoms with Crippen LogP contribution in [0.15, 0.2) is 18.6 Å². The van der Waals surface area contributed by atoms with E-state index in [1.54, 1.807) is 6.20 Å². The first kappa shape index (κ1) is 14.9. The van der Waals surface area contributed by atoms with Gasteiger partial charge in [-0.05, 0) is 5.92 Å². The lowest BCUT2D eigenvalue weighted by molar-refractivity contribution is 0.00671. The Labute approximate surface area is 119 Å². The molecule has 1 fully saturated rings. The van der Waals surface area contributed by atoms with Gasteiger partial charge in [-0.25, -0.2) is 4.98 Å².